The standard InChI is InChI=1S/C19H24N2O3S.ClH/c1-12-5-6-13(2)18(9-12)25(22,23)21-16-11-19(3,4)24-17-8-7-14(20)10-15(16)17;/h5-10,16,21H,11,20H2,1-4H3;1H. The van der Waals surface area contributed by atoms with Gasteiger partial charge in [-0.15, -0.1) is 12.4 Å². The molecule has 0 aliphatic carbocycles. The van der Waals surface area contributed by atoms with E-state index in [1.54, 1.807) is 31.2 Å². The predicted molar refractivity (Wildman–Crippen MR) is 106 cm³/mol. The Morgan fingerprint density at radius 2 is 1.85 bits per heavy atom. The normalized spacial score (nSPS) is 18.4. The van der Waals surface area contributed by atoms with Gasteiger partial charge >= 0.3 is 0 Å². The Morgan fingerprint density at radius 1 is 1.15 bits per heavy atom. The minimum absolute atomic E-state index is 0. The minimum atomic E-state index is -3.67. The molecule has 2 aromatic rings. The smallest absolute Gasteiger partial charge is 0.241 e. The molecule has 0 saturated carbocycles. The first-order chi connectivity index (χ1) is 11.6. The molecule has 0 radical (unpaired) electrons. The molecule has 0 spiro atoms. The van der Waals surface area contributed by atoms with Crippen LogP contribution in [0.15, 0.2) is 41.3 Å². The summed E-state index contributed by atoms with van der Waals surface area (Å²) in [5, 5.41) is 0. The molecule has 3 rings (SSSR count). The number of ether oxygens (including phenoxy) is 1. The Labute approximate surface area is 161 Å². The molecule has 0 saturated heterocycles. The third-order valence-electron chi connectivity index (χ3n) is 4.42. The zero-order valence-corrected chi connectivity index (χ0v) is 17.0. The SMILES string of the molecule is Cc1ccc(C)c(S(=O)(=O)NC2CC(C)(C)Oc3ccc(N)cc32)c1.Cl. The maximum atomic E-state index is 13.0. The van der Waals surface area contributed by atoms with Crippen molar-refractivity contribution in [1.82, 2.24) is 4.72 Å². The number of fused-ring (bicyclic) bond motifs is 1. The van der Waals surface area contributed by atoms with Gasteiger partial charge in [0.15, 0.2) is 0 Å². The Morgan fingerprint density at radius 3 is 2.54 bits per heavy atom. The average molecular weight is 397 g/mol. The second-order valence-electron chi connectivity index (χ2n) is 7.31. The second kappa shape index (κ2) is 7.10. The summed E-state index contributed by atoms with van der Waals surface area (Å²) >= 11 is 0. The van der Waals surface area contributed by atoms with Gasteiger partial charge in [0, 0.05) is 17.7 Å². The third kappa shape index (κ3) is 4.14. The van der Waals surface area contributed by atoms with E-state index in [0.29, 0.717) is 22.8 Å². The van der Waals surface area contributed by atoms with Crippen molar-refractivity contribution in [3.8, 4) is 5.75 Å². The number of anilines is 1. The molecular formula is C19H25ClN2O3S. The molecule has 1 aliphatic heterocycles. The Hall–Kier alpha value is -1.76. The number of nitrogens with two attached hydrogens (primary N) is 1. The van der Waals surface area contributed by atoms with Crippen molar-refractivity contribution in [3.05, 3.63) is 53.1 Å². The number of halogens is 1. The number of benzene rings is 2. The highest BCUT2D eigenvalue weighted by molar-refractivity contribution is 7.89. The van der Waals surface area contributed by atoms with Crippen molar-refractivity contribution in [2.75, 3.05) is 5.73 Å². The number of hydrogen-bond donors (Lipinski definition) is 2. The second-order valence-corrected chi connectivity index (χ2v) is 8.99. The molecule has 5 nitrogen and oxygen atoms in total. The lowest BCUT2D eigenvalue weighted by Gasteiger charge is -2.38. The van der Waals surface area contributed by atoms with Gasteiger partial charge in [0.1, 0.15) is 11.4 Å². The van der Waals surface area contributed by atoms with Gasteiger partial charge in [-0.25, -0.2) is 13.1 Å². The molecule has 1 aliphatic rings. The van der Waals surface area contributed by atoms with Gasteiger partial charge in [-0.05, 0) is 63.1 Å². The summed E-state index contributed by atoms with van der Waals surface area (Å²) in [6.45, 7) is 7.58. The Bertz CT molecular complexity index is 926. The molecular weight excluding hydrogens is 372 g/mol. The number of sulfonamides is 1. The quantitative estimate of drug-likeness (QED) is 0.771. The van der Waals surface area contributed by atoms with Crippen LogP contribution in [0.4, 0.5) is 5.69 Å². The van der Waals surface area contributed by atoms with Crippen molar-refractivity contribution in [2.45, 2.75) is 50.7 Å². The van der Waals surface area contributed by atoms with Gasteiger partial charge in [-0.1, -0.05) is 12.1 Å². The molecule has 0 fully saturated rings. The van der Waals surface area contributed by atoms with Crippen LogP contribution in [0.5, 0.6) is 5.75 Å². The lowest BCUT2D eigenvalue weighted by Crippen LogP contribution is -2.41. The van der Waals surface area contributed by atoms with Gasteiger partial charge < -0.3 is 10.5 Å². The molecule has 1 atom stereocenters. The molecule has 142 valence electrons. The van der Waals surface area contributed by atoms with E-state index in [4.69, 9.17) is 10.5 Å². The van der Waals surface area contributed by atoms with Gasteiger partial charge in [0.2, 0.25) is 10.0 Å². The highest BCUT2D eigenvalue weighted by Crippen LogP contribution is 2.41. The van der Waals surface area contributed by atoms with E-state index in [9.17, 15) is 8.42 Å². The van der Waals surface area contributed by atoms with Crippen LogP contribution in [0.25, 0.3) is 0 Å². The lowest BCUT2D eigenvalue weighted by atomic mass is 9.90. The topological polar surface area (TPSA) is 81.4 Å². The van der Waals surface area contributed by atoms with E-state index in [0.717, 1.165) is 16.7 Å². The summed E-state index contributed by atoms with van der Waals surface area (Å²) in [5.41, 5.74) is 8.40. The highest BCUT2D eigenvalue weighted by Gasteiger charge is 2.36. The Balaban J connectivity index is 0.00000243. The van der Waals surface area contributed by atoms with Gasteiger partial charge in [-0.3, -0.25) is 0 Å². The third-order valence-corrected chi connectivity index (χ3v) is 6.04. The van der Waals surface area contributed by atoms with Gasteiger partial charge in [0.05, 0.1) is 10.9 Å². The first-order valence-electron chi connectivity index (χ1n) is 8.25. The fraction of sp³-hybridized carbons (Fsp3) is 0.368. The lowest BCUT2D eigenvalue weighted by molar-refractivity contribution is 0.0702. The Kier molecular flexibility index (Phi) is 5.61. The molecule has 7 heteroatoms. The van der Waals surface area contributed by atoms with Crippen molar-refractivity contribution >= 4 is 28.1 Å². The maximum absolute atomic E-state index is 13.0. The van der Waals surface area contributed by atoms with Crippen LogP contribution in [0, 0.1) is 13.8 Å². The average Bonchev–Trinajstić information content (AvgIpc) is 2.49. The van der Waals surface area contributed by atoms with Crippen LogP contribution < -0.4 is 15.2 Å². The summed E-state index contributed by atoms with van der Waals surface area (Å²) in [6.07, 6.45) is 0.521. The van der Waals surface area contributed by atoms with E-state index in [1.165, 1.54) is 0 Å². The monoisotopic (exact) mass is 396 g/mol. The van der Waals surface area contributed by atoms with E-state index in [1.807, 2.05) is 32.9 Å². The molecule has 1 heterocycles. The minimum Gasteiger partial charge on any atom is -0.487 e. The number of rotatable bonds is 3. The highest BCUT2D eigenvalue weighted by atomic mass is 35.5. The van der Waals surface area contributed by atoms with Crippen molar-refractivity contribution < 1.29 is 13.2 Å². The molecule has 26 heavy (non-hydrogen) atoms. The summed E-state index contributed by atoms with van der Waals surface area (Å²) < 4.78 is 34.8. The first-order valence-corrected chi connectivity index (χ1v) is 9.74. The molecule has 0 aromatic heterocycles. The molecule has 3 N–H and O–H groups in total. The molecule has 0 bridgehead atoms. The van der Waals surface area contributed by atoms with Crippen LogP contribution in [0.2, 0.25) is 0 Å². The number of hydrogen-bond acceptors (Lipinski definition) is 4. The van der Waals surface area contributed by atoms with Gasteiger partial charge in [0.25, 0.3) is 0 Å². The zero-order valence-electron chi connectivity index (χ0n) is 15.4. The van der Waals surface area contributed by atoms with E-state index in [2.05, 4.69) is 4.72 Å². The van der Waals surface area contributed by atoms with Crippen molar-refractivity contribution in [3.63, 3.8) is 0 Å². The first kappa shape index (κ1) is 20.6. The fourth-order valence-corrected chi connectivity index (χ4v) is 4.77. The number of aryl methyl sites for hydroxylation is 2. The molecule has 2 aromatic carbocycles. The summed E-state index contributed by atoms with van der Waals surface area (Å²) in [7, 11) is -3.67. The summed E-state index contributed by atoms with van der Waals surface area (Å²) in [5.74, 6) is 0.666. The van der Waals surface area contributed by atoms with Gasteiger partial charge in [-0.2, -0.15) is 0 Å². The fourth-order valence-electron chi connectivity index (χ4n) is 3.23. The molecule has 1 unspecified atom stereocenters. The van der Waals surface area contributed by atoms with Crippen LogP contribution in [0.1, 0.15) is 43.0 Å². The predicted octanol–water partition coefficient (Wildman–Crippen LogP) is 3.89. The van der Waals surface area contributed by atoms with E-state index in [-0.39, 0.29) is 12.4 Å². The largest absolute Gasteiger partial charge is 0.487 e. The summed E-state index contributed by atoms with van der Waals surface area (Å²) in [6, 6.07) is 10.4. The van der Waals surface area contributed by atoms with Crippen LogP contribution in [0.3, 0.4) is 0 Å². The van der Waals surface area contributed by atoms with Crippen LogP contribution in [-0.2, 0) is 10.0 Å². The molecule has 0 amide bonds. The van der Waals surface area contributed by atoms with Crippen LogP contribution in [-0.4, -0.2) is 14.0 Å². The summed E-state index contributed by atoms with van der Waals surface area (Å²) in [4.78, 5) is 0.308. The number of nitrogens with one attached hydrogen (secondary N) is 1. The van der Waals surface area contributed by atoms with Crippen LogP contribution >= 0.6 is 12.4 Å². The maximum Gasteiger partial charge on any atom is 0.241 e. The number of nitrogen functional groups attached to an aromatic ring is 1. The van der Waals surface area contributed by atoms with E-state index >= 15 is 0 Å². The van der Waals surface area contributed by atoms with Crippen molar-refractivity contribution in [2.24, 2.45) is 0 Å². The van der Waals surface area contributed by atoms with E-state index < -0.39 is 21.7 Å². The van der Waals surface area contributed by atoms with Crippen molar-refractivity contribution in [1.29, 1.82) is 0 Å². The zero-order chi connectivity index (χ0) is 18.4.